The van der Waals surface area contributed by atoms with E-state index in [1.807, 2.05) is 0 Å². The Labute approximate surface area is 149 Å². The summed E-state index contributed by atoms with van der Waals surface area (Å²) in [5, 5.41) is 0. The minimum Gasteiger partial charge on any atom is -0.493 e. The summed E-state index contributed by atoms with van der Waals surface area (Å²) >= 11 is 0. The highest BCUT2D eigenvalue weighted by Crippen LogP contribution is 2.42. The summed E-state index contributed by atoms with van der Waals surface area (Å²) in [6.07, 6.45) is 14.5. The molecule has 0 unspecified atom stereocenters. The lowest BCUT2D eigenvalue weighted by molar-refractivity contribution is 0.122. The third kappa shape index (κ3) is 5.01. The number of benzene rings is 1. The zero-order chi connectivity index (χ0) is 16.8. The number of ether oxygens (including phenoxy) is 1. The summed E-state index contributed by atoms with van der Waals surface area (Å²) in [4.78, 5) is 0. The van der Waals surface area contributed by atoms with Gasteiger partial charge in [0.25, 0.3) is 0 Å². The number of hydrogen-bond acceptors (Lipinski definition) is 1. The Bertz CT molecular complexity index is 461. The van der Waals surface area contributed by atoms with Crippen LogP contribution in [-0.4, -0.2) is 6.61 Å². The normalized spacial score (nSPS) is 30.9. The van der Waals surface area contributed by atoms with E-state index in [0.29, 0.717) is 0 Å². The summed E-state index contributed by atoms with van der Waals surface area (Å²) in [5.41, 5.74) is 1.30. The maximum absolute atomic E-state index is 6.02. The van der Waals surface area contributed by atoms with Crippen LogP contribution in [0.5, 0.6) is 5.75 Å². The van der Waals surface area contributed by atoms with Gasteiger partial charge in [0.05, 0.1) is 6.61 Å². The van der Waals surface area contributed by atoms with Gasteiger partial charge in [0.15, 0.2) is 0 Å². The smallest absolute Gasteiger partial charge is 0.119 e. The SMILES string of the molecule is CCCC1CCC(C2CCC(COc3ccc(C)cc3)CC2)CC1. The molecular formula is C23H36O. The Morgan fingerprint density at radius 2 is 1.33 bits per heavy atom. The third-order valence-electron chi connectivity index (χ3n) is 6.65. The average molecular weight is 329 g/mol. The number of hydrogen-bond donors (Lipinski definition) is 0. The van der Waals surface area contributed by atoms with Gasteiger partial charge in [0.2, 0.25) is 0 Å². The second-order valence-electron chi connectivity index (χ2n) is 8.47. The Balaban J connectivity index is 1.36. The van der Waals surface area contributed by atoms with E-state index in [0.717, 1.165) is 36.0 Å². The predicted octanol–water partition coefficient (Wildman–Crippen LogP) is 6.79. The maximum atomic E-state index is 6.02. The second kappa shape index (κ2) is 8.92. The van der Waals surface area contributed by atoms with Crippen molar-refractivity contribution in [2.75, 3.05) is 6.61 Å². The van der Waals surface area contributed by atoms with E-state index in [9.17, 15) is 0 Å². The molecule has 1 aromatic rings. The van der Waals surface area contributed by atoms with Crippen LogP contribution in [0.2, 0.25) is 0 Å². The summed E-state index contributed by atoms with van der Waals surface area (Å²) in [7, 11) is 0. The molecule has 0 saturated heterocycles. The molecule has 0 atom stereocenters. The molecule has 0 amide bonds. The van der Waals surface area contributed by atoms with Crippen LogP contribution in [0, 0.1) is 30.6 Å². The van der Waals surface area contributed by atoms with Gasteiger partial charge in [-0.25, -0.2) is 0 Å². The van der Waals surface area contributed by atoms with E-state index >= 15 is 0 Å². The molecular weight excluding hydrogens is 292 g/mol. The monoisotopic (exact) mass is 328 g/mol. The molecule has 134 valence electrons. The lowest BCUT2D eigenvalue weighted by Gasteiger charge is -2.37. The van der Waals surface area contributed by atoms with Crippen LogP contribution in [0.3, 0.4) is 0 Å². The zero-order valence-electron chi connectivity index (χ0n) is 15.8. The van der Waals surface area contributed by atoms with Crippen LogP contribution in [-0.2, 0) is 0 Å². The first-order valence-corrected chi connectivity index (χ1v) is 10.4. The molecule has 24 heavy (non-hydrogen) atoms. The Kier molecular flexibility index (Phi) is 6.63. The lowest BCUT2D eigenvalue weighted by atomic mass is 9.69. The van der Waals surface area contributed by atoms with E-state index in [1.165, 1.54) is 69.8 Å². The van der Waals surface area contributed by atoms with E-state index in [2.05, 4.69) is 38.1 Å². The molecule has 2 aliphatic rings. The topological polar surface area (TPSA) is 9.23 Å². The first-order valence-electron chi connectivity index (χ1n) is 10.4. The molecule has 2 saturated carbocycles. The first kappa shape index (κ1) is 17.8. The van der Waals surface area contributed by atoms with Crippen molar-refractivity contribution < 1.29 is 4.74 Å². The van der Waals surface area contributed by atoms with Crippen LogP contribution in [0.4, 0.5) is 0 Å². The molecule has 2 fully saturated rings. The highest BCUT2D eigenvalue weighted by Gasteiger charge is 2.30. The predicted molar refractivity (Wildman–Crippen MR) is 102 cm³/mol. The molecule has 2 aliphatic carbocycles. The van der Waals surface area contributed by atoms with Crippen LogP contribution in [0.15, 0.2) is 24.3 Å². The molecule has 1 heteroatoms. The van der Waals surface area contributed by atoms with Crippen molar-refractivity contribution in [3.63, 3.8) is 0 Å². The lowest BCUT2D eigenvalue weighted by Crippen LogP contribution is -2.27. The molecule has 0 aliphatic heterocycles. The molecule has 0 spiro atoms. The van der Waals surface area contributed by atoms with Crippen molar-refractivity contribution in [3.05, 3.63) is 29.8 Å². The molecule has 0 aromatic heterocycles. The van der Waals surface area contributed by atoms with E-state index in [-0.39, 0.29) is 0 Å². The van der Waals surface area contributed by atoms with E-state index in [1.54, 1.807) is 0 Å². The molecule has 0 N–H and O–H groups in total. The largest absolute Gasteiger partial charge is 0.493 e. The maximum Gasteiger partial charge on any atom is 0.119 e. The van der Waals surface area contributed by atoms with Crippen molar-refractivity contribution in [2.24, 2.45) is 23.7 Å². The van der Waals surface area contributed by atoms with Crippen molar-refractivity contribution in [1.82, 2.24) is 0 Å². The fraction of sp³-hybridized carbons (Fsp3) is 0.739. The highest BCUT2D eigenvalue weighted by molar-refractivity contribution is 5.26. The van der Waals surface area contributed by atoms with E-state index in [4.69, 9.17) is 4.74 Å². The minimum absolute atomic E-state index is 0.777. The van der Waals surface area contributed by atoms with Crippen molar-refractivity contribution in [3.8, 4) is 5.75 Å². The van der Waals surface area contributed by atoms with Crippen molar-refractivity contribution >= 4 is 0 Å². The average Bonchev–Trinajstić information content (AvgIpc) is 2.63. The van der Waals surface area contributed by atoms with Gasteiger partial charge in [-0.05, 0) is 81.3 Å². The van der Waals surface area contributed by atoms with Crippen LogP contribution < -0.4 is 4.74 Å². The number of aryl methyl sites for hydroxylation is 1. The molecule has 0 radical (unpaired) electrons. The fourth-order valence-electron chi connectivity index (χ4n) is 5.03. The molecule has 0 heterocycles. The van der Waals surface area contributed by atoms with Gasteiger partial charge in [-0.2, -0.15) is 0 Å². The molecule has 1 nitrogen and oxygen atoms in total. The van der Waals surface area contributed by atoms with Crippen LogP contribution in [0.1, 0.15) is 76.7 Å². The summed E-state index contributed by atoms with van der Waals surface area (Å²) < 4.78 is 6.02. The van der Waals surface area contributed by atoms with Crippen LogP contribution >= 0.6 is 0 Å². The van der Waals surface area contributed by atoms with Gasteiger partial charge in [0, 0.05) is 0 Å². The first-order chi connectivity index (χ1) is 11.7. The van der Waals surface area contributed by atoms with Gasteiger partial charge in [0.1, 0.15) is 5.75 Å². The number of rotatable bonds is 6. The Hall–Kier alpha value is -0.980. The molecule has 0 bridgehead atoms. The van der Waals surface area contributed by atoms with Gasteiger partial charge >= 0.3 is 0 Å². The van der Waals surface area contributed by atoms with Crippen molar-refractivity contribution in [1.29, 1.82) is 0 Å². The summed E-state index contributed by atoms with van der Waals surface area (Å²) in [6.45, 7) is 5.38. The second-order valence-corrected chi connectivity index (χ2v) is 8.47. The zero-order valence-corrected chi connectivity index (χ0v) is 15.8. The highest BCUT2D eigenvalue weighted by atomic mass is 16.5. The van der Waals surface area contributed by atoms with E-state index < -0.39 is 0 Å². The summed E-state index contributed by atoms with van der Waals surface area (Å²) in [6, 6.07) is 8.49. The Morgan fingerprint density at radius 1 is 0.792 bits per heavy atom. The Morgan fingerprint density at radius 3 is 1.88 bits per heavy atom. The fourth-order valence-corrected chi connectivity index (χ4v) is 5.03. The van der Waals surface area contributed by atoms with Crippen LogP contribution in [0.25, 0.3) is 0 Å². The molecule has 1 aromatic carbocycles. The quantitative estimate of drug-likeness (QED) is 0.559. The third-order valence-corrected chi connectivity index (χ3v) is 6.65. The van der Waals surface area contributed by atoms with Gasteiger partial charge in [-0.3, -0.25) is 0 Å². The van der Waals surface area contributed by atoms with Gasteiger partial charge in [-0.1, -0.05) is 50.3 Å². The van der Waals surface area contributed by atoms with Gasteiger partial charge < -0.3 is 4.74 Å². The van der Waals surface area contributed by atoms with Gasteiger partial charge in [-0.15, -0.1) is 0 Å². The minimum atomic E-state index is 0.777. The molecule has 3 rings (SSSR count). The van der Waals surface area contributed by atoms with Crippen molar-refractivity contribution in [2.45, 2.75) is 78.1 Å². The standard InChI is InChI=1S/C23H36O/c1-3-4-19-7-11-21(12-8-19)22-13-9-20(10-14-22)17-24-23-15-5-18(2)6-16-23/h5-6,15-16,19-22H,3-4,7-14,17H2,1-2H3. The summed E-state index contributed by atoms with van der Waals surface area (Å²) in [5.74, 6) is 4.92.